The molecule has 1 atom stereocenters. The molecular weight excluding hydrogens is 482 g/mol. The van der Waals surface area contributed by atoms with E-state index in [9.17, 15) is 19.8 Å². The molecule has 38 heavy (non-hydrogen) atoms. The molecule has 0 saturated carbocycles. The van der Waals surface area contributed by atoms with Gasteiger partial charge in [-0.2, -0.15) is 5.11 Å². The Labute approximate surface area is 218 Å². The van der Waals surface area contributed by atoms with E-state index in [1.807, 2.05) is 62.1 Å². The zero-order valence-corrected chi connectivity index (χ0v) is 21.2. The van der Waals surface area contributed by atoms with Gasteiger partial charge in [0.05, 0.1) is 11.4 Å². The average molecular weight is 510 g/mol. The maximum atomic E-state index is 13.6. The van der Waals surface area contributed by atoms with Crippen molar-refractivity contribution in [3.63, 3.8) is 0 Å². The number of aromatic amines is 1. The van der Waals surface area contributed by atoms with Crippen LogP contribution in [0, 0.1) is 13.8 Å². The SMILES string of the molecule is Cc1ccc(-n2[nH]c(-c3ccn(C)c3)c(N=NC3(C(=O)O)C=CC=C(c4ccccc4O)C3)c2=O)cc1C. The number of azo groups is 1. The van der Waals surface area contributed by atoms with Crippen molar-refractivity contribution in [2.24, 2.45) is 17.3 Å². The van der Waals surface area contributed by atoms with Gasteiger partial charge in [0.15, 0.2) is 5.69 Å². The predicted molar refractivity (Wildman–Crippen MR) is 145 cm³/mol. The maximum absolute atomic E-state index is 13.6. The van der Waals surface area contributed by atoms with Crippen LogP contribution in [0.2, 0.25) is 0 Å². The molecule has 9 heteroatoms. The van der Waals surface area contributed by atoms with Gasteiger partial charge in [-0.3, -0.25) is 9.89 Å². The van der Waals surface area contributed by atoms with Gasteiger partial charge in [0.2, 0.25) is 5.54 Å². The number of H-pyrrole nitrogens is 1. The van der Waals surface area contributed by atoms with Gasteiger partial charge >= 0.3 is 5.97 Å². The Hall–Kier alpha value is -4.92. The third-order valence-electron chi connectivity index (χ3n) is 6.81. The van der Waals surface area contributed by atoms with E-state index in [2.05, 4.69) is 15.3 Å². The molecule has 2 aromatic carbocycles. The van der Waals surface area contributed by atoms with Gasteiger partial charge in [-0.1, -0.05) is 36.4 Å². The third-order valence-corrected chi connectivity index (χ3v) is 6.81. The number of carboxylic acids is 1. The molecule has 1 unspecified atom stereocenters. The number of hydrogen-bond donors (Lipinski definition) is 3. The lowest BCUT2D eigenvalue weighted by molar-refractivity contribution is -0.141. The fourth-order valence-electron chi connectivity index (χ4n) is 4.48. The van der Waals surface area contributed by atoms with Gasteiger partial charge in [-0.05, 0) is 60.9 Å². The number of phenolic OH excluding ortho intramolecular Hbond substituents is 1. The average Bonchev–Trinajstić information content (AvgIpc) is 3.47. The zero-order chi connectivity index (χ0) is 27.0. The van der Waals surface area contributed by atoms with E-state index in [1.54, 1.807) is 36.4 Å². The van der Waals surface area contributed by atoms with E-state index >= 15 is 0 Å². The summed E-state index contributed by atoms with van der Waals surface area (Å²) in [4.78, 5) is 26.1. The number of carboxylic acid groups (broad SMARTS) is 1. The summed E-state index contributed by atoms with van der Waals surface area (Å²) in [6, 6.07) is 14.2. The molecule has 4 aromatic rings. The van der Waals surface area contributed by atoms with E-state index in [1.165, 1.54) is 10.8 Å². The van der Waals surface area contributed by atoms with Crippen molar-refractivity contribution in [3.05, 3.63) is 106 Å². The molecule has 0 bridgehead atoms. The number of aryl methyl sites for hydroxylation is 3. The summed E-state index contributed by atoms with van der Waals surface area (Å²) in [6.07, 6.45) is 8.40. The van der Waals surface area contributed by atoms with Crippen LogP contribution >= 0.6 is 0 Å². The number of nitrogens with zero attached hydrogens (tertiary/aromatic N) is 4. The molecule has 0 fully saturated rings. The first kappa shape index (κ1) is 24.8. The molecule has 0 radical (unpaired) electrons. The minimum Gasteiger partial charge on any atom is -0.507 e. The quantitative estimate of drug-likeness (QED) is 0.299. The first-order chi connectivity index (χ1) is 18.2. The smallest absolute Gasteiger partial charge is 0.337 e. The van der Waals surface area contributed by atoms with Crippen molar-refractivity contribution in [2.75, 3.05) is 0 Å². The van der Waals surface area contributed by atoms with Gasteiger partial charge in [0, 0.05) is 37.0 Å². The van der Waals surface area contributed by atoms with Crippen LogP contribution in [0.3, 0.4) is 0 Å². The van der Waals surface area contributed by atoms with Crippen LogP contribution in [0.15, 0.2) is 94.2 Å². The molecular formula is C29H27N5O4. The second-order valence-corrected chi connectivity index (χ2v) is 9.48. The molecule has 1 aliphatic carbocycles. The molecule has 0 spiro atoms. The molecule has 0 saturated heterocycles. The van der Waals surface area contributed by atoms with Crippen LogP contribution in [-0.2, 0) is 11.8 Å². The first-order valence-corrected chi connectivity index (χ1v) is 12.1. The van der Waals surface area contributed by atoms with Crippen LogP contribution in [0.5, 0.6) is 5.75 Å². The number of rotatable bonds is 6. The Morgan fingerprint density at radius 2 is 1.89 bits per heavy atom. The molecule has 5 rings (SSSR count). The van der Waals surface area contributed by atoms with Crippen LogP contribution in [0.4, 0.5) is 5.69 Å². The molecule has 0 amide bonds. The monoisotopic (exact) mass is 509 g/mol. The Bertz CT molecular complexity index is 1700. The van der Waals surface area contributed by atoms with Gasteiger partial charge < -0.3 is 14.8 Å². The number of benzene rings is 2. The second-order valence-electron chi connectivity index (χ2n) is 9.48. The number of para-hydroxylation sites is 1. The zero-order valence-electron chi connectivity index (χ0n) is 21.2. The van der Waals surface area contributed by atoms with Crippen molar-refractivity contribution in [3.8, 4) is 22.7 Å². The lowest BCUT2D eigenvalue weighted by Crippen LogP contribution is -2.35. The van der Waals surface area contributed by atoms with Crippen LogP contribution in [0.1, 0.15) is 23.1 Å². The highest BCUT2D eigenvalue weighted by molar-refractivity contribution is 5.88. The molecule has 1 aliphatic rings. The highest BCUT2D eigenvalue weighted by atomic mass is 16.4. The predicted octanol–water partition coefficient (Wildman–Crippen LogP) is 5.44. The lowest BCUT2D eigenvalue weighted by Gasteiger charge is -2.24. The number of phenols is 1. The van der Waals surface area contributed by atoms with Crippen LogP contribution < -0.4 is 5.56 Å². The molecule has 0 aliphatic heterocycles. The number of aromatic hydroxyl groups is 1. The van der Waals surface area contributed by atoms with Gasteiger partial charge in [-0.25, -0.2) is 9.48 Å². The standard InChI is InChI=1S/C29H27N5O4/c1-18-10-11-22(15-19(18)2)34-27(36)26(25(31-34)21-12-14-33(3)17-21)30-32-29(28(37)38)13-6-7-20(16-29)23-8-4-5-9-24(23)35/h4-15,17,31,35H,16H2,1-3H3,(H,37,38). The topological polar surface area (TPSA) is 125 Å². The maximum Gasteiger partial charge on any atom is 0.337 e. The molecule has 2 aromatic heterocycles. The molecule has 192 valence electrons. The largest absolute Gasteiger partial charge is 0.507 e. The van der Waals surface area contributed by atoms with Gasteiger partial charge in [0.1, 0.15) is 5.75 Å². The highest BCUT2D eigenvalue weighted by Gasteiger charge is 2.39. The number of hydrogen-bond acceptors (Lipinski definition) is 5. The number of carbonyl (C=O) groups is 1. The lowest BCUT2D eigenvalue weighted by atomic mass is 9.84. The summed E-state index contributed by atoms with van der Waals surface area (Å²) in [6.45, 7) is 3.96. The summed E-state index contributed by atoms with van der Waals surface area (Å²) >= 11 is 0. The summed E-state index contributed by atoms with van der Waals surface area (Å²) in [5, 5.41) is 32.2. The van der Waals surface area contributed by atoms with Crippen molar-refractivity contribution < 1.29 is 15.0 Å². The summed E-state index contributed by atoms with van der Waals surface area (Å²) < 4.78 is 3.23. The summed E-state index contributed by atoms with van der Waals surface area (Å²) in [7, 11) is 1.86. The number of aromatic nitrogens is 3. The Balaban J connectivity index is 1.61. The van der Waals surface area contributed by atoms with Crippen molar-refractivity contribution in [1.82, 2.24) is 14.3 Å². The van der Waals surface area contributed by atoms with Crippen molar-refractivity contribution in [2.45, 2.75) is 25.8 Å². The fourth-order valence-corrected chi connectivity index (χ4v) is 4.48. The normalized spacial score (nSPS) is 17.2. The molecule has 3 N–H and O–H groups in total. The van der Waals surface area contributed by atoms with E-state index in [0.29, 0.717) is 28.1 Å². The summed E-state index contributed by atoms with van der Waals surface area (Å²) in [5.41, 5.74) is 2.79. The van der Waals surface area contributed by atoms with Crippen LogP contribution in [0.25, 0.3) is 22.5 Å². The van der Waals surface area contributed by atoms with Crippen molar-refractivity contribution >= 4 is 17.2 Å². The van der Waals surface area contributed by atoms with Crippen LogP contribution in [-0.4, -0.2) is 36.1 Å². The van der Waals surface area contributed by atoms with E-state index < -0.39 is 17.1 Å². The molecule has 2 heterocycles. The number of nitrogens with one attached hydrogen (secondary N) is 1. The second kappa shape index (κ2) is 9.51. The highest BCUT2D eigenvalue weighted by Crippen LogP contribution is 2.38. The molecule has 9 nitrogen and oxygen atoms in total. The summed E-state index contributed by atoms with van der Waals surface area (Å²) in [5.74, 6) is -1.18. The van der Waals surface area contributed by atoms with E-state index in [4.69, 9.17) is 0 Å². The third kappa shape index (κ3) is 4.39. The van der Waals surface area contributed by atoms with Crippen molar-refractivity contribution in [1.29, 1.82) is 0 Å². The van der Waals surface area contributed by atoms with Gasteiger partial charge in [-0.15, -0.1) is 5.11 Å². The Morgan fingerprint density at radius 3 is 2.58 bits per heavy atom. The first-order valence-electron chi connectivity index (χ1n) is 12.1. The minimum atomic E-state index is -1.75. The van der Waals surface area contributed by atoms with Gasteiger partial charge in [0.25, 0.3) is 5.56 Å². The fraction of sp³-hybridized carbons (Fsp3) is 0.172. The van der Waals surface area contributed by atoms with E-state index in [-0.39, 0.29) is 17.9 Å². The Kier molecular flexibility index (Phi) is 6.20. The minimum absolute atomic E-state index is 0.00196. The number of allylic oxidation sites excluding steroid dienone is 2. The van der Waals surface area contributed by atoms with E-state index in [0.717, 1.165) is 11.1 Å². The Morgan fingerprint density at radius 1 is 1.11 bits per heavy atom. The number of aliphatic carboxylic acids is 1.